The summed E-state index contributed by atoms with van der Waals surface area (Å²) >= 11 is 6.04. The molecule has 3 atom stereocenters. The molecular weight excluding hydrogens is 554 g/mol. The van der Waals surface area contributed by atoms with Crippen LogP contribution in [0.5, 0.6) is 0 Å². The first-order valence-corrected chi connectivity index (χ1v) is 13.5. The number of hydrogen-bond donors (Lipinski definition) is 1. The number of rotatable bonds is 11. The molecule has 1 aliphatic heterocycles. The van der Waals surface area contributed by atoms with E-state index in [1.54, 1.807) is 41.5 Å². The lowest BCUT2D eigenvalue weighted by atomic mass is 9.98. The summed E-state index contributed by atoms with van der Waals surface area (Å²) in [6.45, 7) is 7.22. The van der Waals surface area contributed by atoms with E-state index in [9.17, 15) is 28.1 Å². The molecule has 1 N–H and O–H groups in total. The third kappa shape index (κ3) is 8.72. The number of aromatic nitrogens is 2. The van der Waals surface area contributed by atoms with Gasteiger partial charge in [0.25, 0.3) is 5.56 Å². The second-order valence-corrected chi connectivity index (χ2v) is 12.6. The Bertz CT molecular complexity index is 1120. The molecule has 2 rings (SSSR count). The quantitative estimate of drug-likeness (QED) is 0.175. The van der Waals surface area contributed by atoms with Crippen LogP contribution in [0.2, 0.25) is 0 Å². The summed E-state index contributed by atoms with van der Waals surface area (Å²) < 4.78 is 60.1. The summed E-state index contributed by atoms with van der Waals surface area (Å²) in [6, 6.07) is 1.02. The minimum absolute atomic E-state index is 0.361. The summed E-state index contributed by atoms with van der Waals surface area (Å²) in [5.41, 5.74) is -4.96. The second-order valence-electron chi connectivity index (χ2n) is 10.6. The average Bonchev–Trinajstić information content (AvgIpc) is 3.13. The molecule has 0 bridgehead atoms. The van der Waals surface area contributed by atoms with Crippen molar-refractivity contribution in [3.63, 3.8) is 0 Å². The Kier molecular flexibility index (Phi) is 10.5. The fraction of sp³-hybridized carbons (Fsp3) is 0.727. The van der Waals surface area contributed by atoms with E-state index in [4.69, 9.17) is 39.4 Å². The number of ether oxygens (including phenoxy) is 3. The maximum atomic E-state index is 14.9. The molecule has 1 aliphatic rings. The lowest BCUT2D eigenvalue weighted by Crippen LogP contribution is -2.38. The first-order chi connectivity index (χ1) is 17.4. The van der Waals surface area contributed by atoms with Crippen LogP contribution in [0.25, 0.3) is 0 Å². The molecule has 0 unspecified atom stereocenters. The van der Waals surface area contributed by atoms with Crippen LogP contribution >= 0.6 is 19.4 Å². The van der Waals surface area contributed by atoms with Crippen LogP contribution in [-0.2, 0) is 41.9 Å². The summed E-state index contributed by atoms with van der Waals surface area (Å²) in [4.78, 5) is 49.5. The Morgan fingerprint density at radius 1 is 1.11 bits per heavy atom. The van der Waals surface area contributed by atoms with Crippen molar-refractivity contribution in [3.8, 4) is 0 Å². The highest BCUT2D eigenvalue weighted by atomic mass is 35.5. The number of alkyl halides is 2. The highest BCUT2D eigenvalue weighted by molar-refractivity contribution is 7.48. The van der Waals surface area contributed by atoms with Crippen LogP contribution < -0.4 is 11.2 Å². The standard InChI is InChI=1S/C22H33ClFN2O11P/c1-20(2,3)17(28)32-12-35-38(31,36-13-33-18(29)21(4,5)6)34-11-22(10-23)9-14(24)16(37-22)26-8-7-15(27)25-19(26)30/h7-8,14,16H,9-13H2,1-6H3,(H,25,27,30)/t14-,16-,22-/m1/s1. The Hall–Kier alpha value is -2.09. The fourth-order valence-corrected chi connectivity index (χ4v) is 4.17. The van der Waals surface area contributed by atoms with E-state index in [1.165, 1.54) is 0 Å². The number of aromatic amines is 1. The van der Waals surface area contributed by atoms with Gasteiger partial charge in [-0.3, -0.25) is 28.5 Å². The molecule has 1 saturated heterocycles. The van der Waals surface area contributed by atoms with E-state index in [2.05, 4.69) is 0 Å². The minimum atomic E-state index is -4.60. The van der Waals surface area contributed by atoms with Gasteiger partial charge < -0.3 is 14.2 Å². The van der Waals surface area contributed by atoms with E-state index < -0.39 is 80.0 Å². The first-order valence-electron chi connectivity index (χ1n) is 11.5. The number of carbonyl (C=O) groups excluding carboxylic acids is 2. The zero-order valence-electron chi connectivity index (χ0n) is 22.0. The van der Waals surface area contributed by atoms with Crippen molar-refractivity contribution in [1.29, 1.82) is 0 Å². The molecule has 16 heteroatoms. The molecular formula is C22H33ClFN2O11P. The van der Waals surface area contributed by atoms with E-state index in [1.807, 2.05) is 4.98 Å². The lowest BCUT2D eigenvalue weighted by molar-refractivity contribution is -0.164. The lowest BCUT2D eigenvalue weighted by Gasteiger charge is -2.28. The topological polar surface area (TPSA) is 161 Å². The van der Waals surface area contributed by atoms with Crippen LogP contribution in [0.1, 0.15) is 54.2 Å². The molecule has 1 aromatic rings. The molecule has 0 radical (unpaired) electrons. The van der Waals surface area contributed by atoms with Gasteiger partial charge in [-0.1, -0.05) is 0 Å². The van der Waals surface area contributed by atoms with Gasteiger partial charge in [0.1, 0.15) is 11.8 Å². The Balaban J connectivity index is 2.16. The molecule has 0 saturated carbocycles. The van der Waals surface area contributed by atoms with Crippen molar-refractivity contribution in [2.75, 3.05) is 26.1 Å². The number of halogens is 2. The number of hydrogen-bond acceptors (Lipinski definition) is 11. The zero-order chi connectivity index (χ0) is 28.9. The smallest absolute Gasteiger partial charge is 0.437 e. The second kappa shape index (κ2) is 12.4. The Labute approximate surface area is 223 Å². The molecule has 0 aromatic carbocycles. The van der Waals surface area contributed by atoms with E-state index in [0.717, 1.165) is 16.8 Å². The maximum absolute atomic E-state index is 14.9. The van der Waals surface area contributed by atoms with Crippen LogP contribution in [0.3, 0.4) is 0 Å². The normalized spacial score (nSPS) is 22.3. The van der Waals surface area contributed by atoms with Gasteiger partial charge >= 0.3 is 25.5 Å². The minimum Gasteiger partial charge on any atom is -0.437 e. The third-order valence-electron chi connectivity index (χ3n) is 5.13. The number of esters is 2. The van der Waals surface area contributed by atoms with Crippen LogP contribution in [-0.4, -0.2) is 59.3 Å². The predicted molar refractivity (Wildman–Crippen MR) is 131 cm³/mol. The van der Waals surface area contributed by atoms with E-state index >= 15 is 0 Å². The molecule has 38 heavy (non-hydrogen) atoms. The van der Waals surface area contributed by atoms with Crippen LogP contribution in [0, 0.1) is 10.8 Å². The SMILES string of the molecule is CC(C)(C)C(=O)OCOP(=O)(OCOC(=O)C(C)(C)C)OC[C@]1(CCl)C[C@@H](F)[C@H](n2ccc(=O)[nH]c2=O)O1. The highest BCUT2D eigenvalue weighted by Crippen LogP contribution is 2.52. The molecule has 0 spiro atoms. The van der Waals surface area contributed by atoms with Crippen molar-refractivity contribution in [1.82, 2.24) is 9.55 Å². The van der Waals surface area contributed by atoms with Gasteiger partial charge in [0.15, 0.2) is 6.23 Å². The maximum Gasteiger partial charge on any atom is 0.480 e. The van der Waals surface area contributed by atoms with Crippen LogP contribution in [0.15, 0.2) is 21.9 Å². The van der Waals surface area contributed by atoms with Gasteiger partial charge in [0, 0.05) is 18.7 Å². The van der Waals surface area contributed by atoms with Gasteiger partial charge in [-0.05, 0) is 41.5 Å². The van der Waals surface area contributed by atoms with Gasteiger partial charge in [0.2, 0.25) is 13.6 Å². The monoisotopic (exact) mass is 586 g/mol. The van der Waals surface area contributed by atoms with E-state index in [0.29, 0.717) is 0 Å². The van der Waals surface area contributed by atoms with Crippen molar-refractivity contribution in [2.45, 2.75) is 66.0 Å². The van der Waals surface area contributed by atoms with E-state index in [-0.39, 0.29) is 12.3 Å². The molecule has 0 amide bonds. The summed E-state index contributed by atoms with van der Waals surface area (Å²) in [7, 11) is -4.60. The predicted octanol–water partition coefficient (Wildman–Crippen LogP) is 3.02. The van der Waals surface area contributed by atoms with Crippen molar-refractivity contribution < 1.29 is 46.3 Å². The van der Waals surface area contributed by atoms with Crippen molar-refractivity contribution >= 4 is 31.4 Å². The average molecular weight is 587 g/mol. The summed E-state index contributed by atoms with van der Waals surface area (Å²) in [5.74, 6) is -1.71. The van der Waals surface area contributed by atoms with Gasteiger partial charge in [-0.15, -0.1) is 11.6 Å². The molecule has 13 nitrogen and oxygen atoms in total. The Morgan fingerprint density at radius 3 is 2.08 bits per heavy atom. The number of nitrogens with one attached hydrogen (secondary N) is 1. The van der Waals surface area contributed by atoms with Gasteiger partial charge in [0.05, 0.1) is 23.3 Å². The number of carbonyl (C=O) groups is 2. The number of phosphoric ester groups is 1. The molecule has 216 valence electrons. The van der Waals surface area contributed by atoms with Crippen LogP contribution in [0.4, 0.5) is 4.39 Å². The molecule has 0 aliphatic carbocycles. The van der Waals surface area contributed by atoms with Crippen molar-refractivity contribution in [3.05, 3.63) is 33.1 Å². The number of H-pyrrole nitrogens is 1. The zero-order valence-corrected chi connectivity index (χ0v) is 23.6. The number of phosphoric acid groups is 1. The summed E-state index contributed by atoms with van der Waals surface area (Å²) in [5, 5.41) is 0. The van der Waals surface area contributed by atoms with Gasteiger partial charge in [-0.2, -0.15) is 0 Å². The molecule has 1 aromatic heterocycles. The highest BCUT2D eigenvalue weighted by Gasteiger charge is 2.49. The summed E-state index contributed by atoms with van der Waals surface area (Å²) in [6.07, 6.45) is -2.55. The molecule has 1 fully saturated rings. The largest absolute Gasteiger partial charge is 0.480 e. The fourth-order valence-electron chi connectivity index (χ4n) is 2.94. The molecule has 2 heterocycles. The Morgan fingerprint density at radius 2 is 1.63 bits per heavy atom. The third-order valence-corrected chi connectivity index (χ3v) is 6.90. The van der Waals surface area contributed by atoms with Gasteiger partial charge in [-0.25, -0.2) is 22.8 Å². The number of nitrogens with zero attached hydrogens (tertiary/aromatic N) is 1. The first kappa shape index (κ1) is 32.1. The van der Waals surface area contributed by atoms with Crippen molar-refractivity contribution in [2.24, 2.45) is 10.8 Å².